The molecule has 0 N–H and O–H groups in total. The molecule has 3 aliphatic rings. The summed E-state index contributed by atoms with van der Waals surface area (Å²) in [4.78, 5) is 25.7. The molecule has 2 aromatic heterocycles. The molecule has 0 radical (unpaired) electrons. The summed E-state index contributed by atoms with van der Waals surface area (Å²) in [6, 6.07) is 2.14. The van der Waals surface area contributed by atoms with Crippen molar-refractivity contribution in [2.24, 2.45) is 0 Å². The standard InChI is InChI=1S/C21H31N7S/c1-16-15-19(24-20(22-16)27-9-7-25(2)8-10-27)26-11-13-28(14-12-26)21-23-17-5-3-4-6-18(17)29-21/h15H,3-14H2,1-2H3. The van der Waals surface area contributed by atoms with Crippen LogP contribution < -0.4 is 14.7 Å². The zero-order chi connectivity index (χ0) is 19.8. The maximum Gasteiger partial charge on any atom is 0.227 e. The van der Waals surface area contributed by atoms with Crippen LogP contribution in [-0.4, -0.2) is 79.3 Å². The highest BCUT2D eigenvalue weighted by molar-refractivity contribution is 7.15. The largest absolute Gasteiger partial charge is 0.353 e. The Balaban J connectivity index is 1.26. The van der Waals surface area contributed by atoms with Gasteiger partial charge in [0.1, 0.15) is 5.82 Å². The first-order valence-corrected chi connectivity index (χ1v) is 11.7. The monoisotopic (exact) mass is 413 g/mol. The normalized spacial score (nSPS) is 20.8. The van der Waals surface area contributed by atoms with Gasteiger partial charge in [-0.1, -0.05) is 0 Å². The van der Waals surface area contributed by atoms with Crippen LogP contribution in [0.3, 0.4) is 0 Å². The van der Waals surface area contributed by atoms with Crippen LogP contribution in [-0.2, 0) is 12.8 Å². The fourth-order valence-electron chi connectivity index (χ4n) is 4.45. The first-order valence-electron chi connectivity index (χ1n) is 10.9. The van der Waals surface area contributed by atoms with E-state index in [2.05, 4.69) is 39.6 Å². The minimum atomic E-state index is 0.892. The van der Waals surface area contributed by atoms with Gasteiger partial charge in [-0.3, -0.25) is 0 Å². The molecule has 8 heteroatoms. The maximum atomic E-state index is 4.96. The fraction of sp³-hybridized carbons (Fsp3) is 0.667. The van der Waals surface area contributed by atoms with Gasteiger partial charge in [-0.2, -0.15) is 4.98 Å². The van der Waals surface area contributed by atoms with E-state index < -0.39 is 0 Å². The number of aryl methyl sites for hydroxylation is 3. The number of hydrogen-bond donors (Lipinski definition) is 0. The molecule has 0 unspecified atom stereocenters. The molecule has 7 nitrogen and oxygen atoms in total. The van der Waals surface area contributed by atoms with Gasteiger partial charge in [0.2, 0.25) is 5.95 Å². The van der Waals surface area contributed by atoms with Gasteiger partial charge >= 0.3 is 0 Å². The molecule has 4 heterocycles. The lowest BCUT2D eigenvalue weighted by Crippen LogP contribution is -2.47. The number of anilines is 3. The van der Waals surface area contributed by atoms with E-state index >= 15 is 0 Å². The Labute approximate surface area is 177 Å². The molecule has 0 amide bonds. The highest BCUT2D eigenvalue weighted by Gasteiger charge is 2.24. The number of thiazole rings is 1. The second kappa shape index (κ2) is 8.07. The Morgan fingerprint density at radius 1 is 0.793 bits per heavy atom. The predicted molar refractivity (Wildman–Crippen MR) is 120 cm³/mol. The topological polar surface area (TPSA) is 51.6 Å². The van der Waals surface area contributed by atoms with E-state index in [1.165, 1.54) is 41.4 Å². The lowest BCUT2D eigenvalue weighted by Gasteiger charge is -2.36. The molecule has 0 bridgehead atoms. The number of aromatic nitrogens is 3. The van der Waals surface area contributed by atoms with Gasteiger partial charge in [0.15, 0.2) is 5.13 Å². The molecule has 2 saturated heterocycles. The number of piperazine rings is 2. The number of hydrogen-bond acceptors (Lipinski definition) is 8. The van der Waals surface area contributed by atoms with Crippen LogP contribution in [0.5, 0.6) is 0 Å². The highest BCUT2D eigenvalue weighted by atomic mass is 32.1. The lowest BCUT2D eigenvalue weighted by atomic mass is 10.0. The van der Waals surface area contributed by atoms with Crippen molar-refractivity contribution in [2.45, 2.75) is 32.6 Å². The van der Waals surface area contributed by atoms with Crippen LogP contribution in [0, 0.1) is 6.92 Å². The van der Waals surface area contributed by atoms with Crippen LogP contribution in [0.25, 0.3) is 0 Å². The SMILES string of the molecule is Cc1cc(N2CCN(c3nc4c(s3)CCCC4)CC2)nc(N2CCN(C)CC2)n1. The summed E-state index contributed by atoms with van der Waals surface area (Å²) in [5.74, 6) is 1.97. The van der Waals surface area contributed by atoms with Crippen molar-refractivity contribution in [2.75, 3.05) is 74.1 Å². The average molecular weight is 414 g/mol. The smallest absolute Gasteiger partial charge is 0.227 e. The summed E-state index contributed by atoms with van der Waals surface area (Å²) >= 11 is 1.92. The number of rotatable bonds is 3. The number of nitrogens with zero attached hydrogens (tertiary/aromatic N) is 7. The predicted octanol–water partition coefficient (Wildman–Crippen LogP) is 2.20. The molecule has 2 aromatic rings. The summed E-state index contributed by atoms with van der Waals surface area (Å²) in [5, 5.41) is 1.23. The van der Waals surface area contributed by atoms with Gasteiger partial charge in [0, 0.05) is 69.0 Å². The van der Waals surface area contributed by atoms with E-state index in [0.29, 0.717) is 0 Å². The Hall–Kier alpha value is -1.93. The minimum Gasteiger partial charge on any atom is -0.353 e. The summed E-state index contributed by atoms with van der Waals surface area (Å²) in [7, 11) is 2.18. The van der Waals surface area contributed by atoms with Crippen molar-refractivity contribution in [3.05, 3.63) is 22.3 Å². The Morgan fingerprint density at radius 3 is 2.24 bits per heavy atom. The van der Waals surface area contributed by atoms with E-state index in [1.807, 2.05) is 11.3 Å². The molecular formula is C21H31N7S. The van der Waals surface area contributed by atoms with Gasteiger partial charge < -0.3 is 19.6 Å². The highest BCUT2D eigenvalue weighted by Crippen LogP contribution is 2.32. The first-order chi connectivity index (χ1) is 14.2. The van der Waals surface area contributed by atoms with Crippen LogP contribution >= 0.6 is 11.3 Å². The third kappa shape index (κ3) is 4.05. The lowest BCUT2D eigenvalue weighted by molar-refractivity contribution is 0.311. The zero-order valence-corrected chi connectivity index (χ0v) is 18.4. The maximum absolute atomic E-state index is 4.96. The van der Waals surface area contributed by atoms with E-state index in [1.54, 1.807) is 0 Å². The summed E-state index contributed by atoms with van der Waals surface area (Å²) in [6.45, 7) is 10.2. The second-order valence-corrected chi connectivity index (χ2v) is 9.57. The van der Waals surface area contributed by atoms with Crippen molar-refractivity contribution in [1.29, 1.82) is 0 Å². The minimum absolute atomic E-state index is 0.892. The third-order valence-electron chi connectivity index (χ3n) is 6.32. The molecule has 0 atom stereocenters. The molecule has 156 valence electrons. The van der Waals surface area contributed by atoms with E-state index in [-0.39, 0.29) is 0 Å². The van der Waals surface area contributed by atoms with Crippen molar-refractivity contribution in [3.8, 4) is 0 Å². The average Bonchev–Trinajstić information content (AvgIpc) is 3.18. The van der Waals surface area contributed by atoms with Crippen LogP contribution in [0.1, 0.15) is 29.1 Å². The van der Waals surface area contributed by atoms with Crippen molar-refractivity contribution in [1.82, 2.24) is 19.9 Å². The van der Waals surface area contributed by atoms with Gasteiger partial charge in [-0.05, 0) is 39.7 Å². The molecule has 1 aliphatic carbocycles. The van der Waals surface area contributed by atoms with Crippen LogP contribution in [0.2, 0.25) is 0 Å². The third-order valence-corrected chi connectivity index (χ3v) is 7.54. The molecule has 29 heavy (non-hydrogen) atoms. The summed E-state index contributed by atoms with van der Waals surface area (Å²) in [6.07, 6.45) is 5.01. The molecule has 2 aliphatic heterocycles. The second-order valence-electron chi connectivity index (χ2n) is 8.51. The van der Waals surface area contributed by atoms with Crippen molar-refractivity contribution in [3.63, 3.8) is 0 Å². The summed E-state index contributed by atoms with van der Waals surface area (Å²) in [5.41, 5.74) is 2.42. The van der Waals surface area contributed by atoms with E-state index in [9.17, 15) is 0 Å². The quantitative estimate of drug-likeness (QED) is 0.765. The number of fused-ring (bicyclic) bond motifs is 1. The molecule has 0 saturated carbocycles. The Kier molecular flexibility index (Phi) is 5.30. The molecule has 0 aromatic carbocycles. The number of likely N-dealkylation sites (N-methyl/N-ethyl adjacent to an activating group) is 1. The fourth-order valence-corrected chi connectivity index (χ4v) is 5.65. The first kappa shape index (κ1) is 19.1. The molecule has 0 spiro atoms. The van der Waals surface area contributed by atoms with Gasteiger partial charge in [0.25, 0.3) is 0 Å². The molecule has 5 rings (SSSR count). The molecular weight excluding hydrogens is 382 g/mol. The van der Waals surface area contributed by atoms with Crippen LogP contribution in [0.15, 0.2) is 6.07 Å². The summed E-state index contributed by atoms with van der Waals surface area (Å²) < 4.78 is 0. The molecule has 2 fully saturated rings. The Morgan fingerprint density at radius 2 is 1.48 bits per heavy atom. The van der Waals surface area contributed by atoms with Crippen LogP contribution in [0.4, 0.5) is 16.9 Å². The van der Waals surface area contributed by atoms with E-state index in [4.69, 9.17) is 15.0 Å². The van der Waals surface area contributed by atoms with Crippen molar-refractivity contribution >= 4 is 28.2 Å². The zero-order valence-electron chi connectivity index (χ0n) is 17.6. The van der Waals surface area contributed by atoms with Crippen molar-refractivity contribution < 1.29 is 0 Å². The van der Waals surface area contributed by atoms with E-state index in [0.717, 1.165) is 69.8 Å². The van der Waals surface area contributed by atoms with Gasteiger partial charge in [-0.15, -0.1) is 11.3 Å². The van der Waals surface area contributed by atoms with Gasteiger partial charge in [0.05, 0.1) is 5.69 Å². The Bertz CT molecular complexity index is 827. The van der Waals surface area contributed by atoms with Gasteiger partial charge in [-0.25, -0.2) is 9.97 Å².